The van der Waals surface area contributed by atoms with Crippen LogP contribution >= 0.6 is 7.82 Å². The fraction of sp³-hybridized carbons (Fsp3) is 0.353. The number of phosphoric ester groups is 1. The summed E-state index contributed by atoms with van der Waals surface area (Å²) in [5, 5.41) is 21.0. The van der Waals surface area contributed by atoms with Gasteiger partial charge in [-0.3, -0.25) is 18.9 Å². The molecule has 0 aliphatic carbocycles. The molecule has 2 aromatic heterocycles. The number of nitrogens with one attached hydrogen (secondary N) is 1. The van der Waals surface area contributed by atoms with Gasteiger partial charge in [0.05, 0.1) is 13.7 Å². The molecule has 14 nitrogen and oxygen atoms in total. The van der Waals surface area contributed by atoms with E-state index in [-0.39, 0.29) is 22.9 Å². The monoisotopic (exact) mass is 469 g/mol. The van der Waals surface area contributed by atoms with Crippen LogP contribution in [0.2, 0.25) is 0 Å². The van der Waals surface area contributed by atoms with Crippen molar-refractivity contribution < 1.29 is 38.6 Å². The van der Waals surface area contributed by atoms with Crippen LogP contribution in [0.15, 0.2) is 29.1 Å². The summed E-state index contributed by atoms with van der Waals surface area (Å²) < 4.78 is 27.5. The molecule has 4 atom stereocenters. The Hall–Kier alpha value is -2.84. The van der Waals surface area contributed by atoms with Crippen LogP contribution < -0.4 is 16.0 Å². The highest BCUT2D eigenvalue weighted by atomic mass is 31.2. The molecule has 1 saturated heterocycles. The maximum atomic E-state index is 12.4. The highest BCUT2D eigenvalue weighted by molar-refractivity contribution is 7.46. The van der Waals surface area contributed by atoms with Gasteiger partial charge in [0.15, 0.2) is 17.4 Å². The number of nitrogens with zero attached hydrogens (tertiary/aromatic N) is 3. The molecule has 1 aliphatic rings. The van der Waals surface area contributed by atoms with Crippen molar-refractivity contribution >= 4 is 24.9 Å². The summed E-state index contributed by atoms with van der Waals surface area (Å²) in [5.74, 6) is 0.525. The van der Waals surface area contributed by atoms with Crippen molar-refractivity contribution in [2.75, 3.05) is 19.5 Å². The zero-order chi connectivity index (χ0) is 23.2. The van der Waals surface area contributed by atoms with E-state index in [1.807, 2.05) is 0 Å². The molecule has 0 amide bonds. The average molecular weight is 469 g/mol. The molecular formula is C17H20N5O9P. The van der Waals surface area contributed by atoms with Crippen molar-refractivity contribution in [2.24, 2.45) is 0 Å². The number of aromatic nitrogens is 4. The van der Waals surface area contributed by atoms with Gasteiger partial charge >= 0.3 is 7.82 Å². The Bertz CT molecular complexity index is 1240. The van der Waals surface area contributed by atoms with E-state index in [1.165, 1.54) is 11.7 Å². The summed E-state index contributed by atoms with van der Waals surface area (Å²) in [7, 11) is -3.34. The van der Waals surface area contributed by atoms with E-state index in [0.29, 0.717) is 11.3 Å². The number of H-pyrrole nitrogens is 1. The number of anilines is 1. The van der Waals surface area contributed by atoms with Gasteiger partial charge in [-0.2, -0.15) is 4.98 Å². The molecule has 15 heteroatoms. The molecule has 32 heavy (non-hydrogen) atoms. The molecule has 172 valence electrons. The van der Waals surface area contributed by atoms with Crippen molar-refractivity contribution in [3.05, 3.63) is 34.6 Å². The molecule has 3 heterocycles. The molecular weight excluding hydrogens is 449 g/mol. The first-order valence-electron chi connectivity index (χ1n) is 9.23. The number of aromatic amines is 1. The molecule has 4 unspecified atom stereocenters. The first-order chi connectivity index (χ1) is 15.1. The van der Waals surface area contributed by atoms with Gasteiger partial charge in [-0.25, -0.2) is 9.55 Å². The fourth-order valence-electron chi connectivity index (χ4n) is 3.44. The molecule has 0 saturated carbocycles. The van der Waals surface area contributed by atoms with Gasteiger partial charge in [0.2, 0.25) is 5.95 Å². The molecule has 1 aliphatic heterocycles. The number of imidazole rings is 1. The average Bonchev–Trinajstić information content (AvgIpc) is 3.24. The van der Waals surface area contributed by atoms with E-state index in [1.54, 1.807) is 24.3 Å². The first-order valence-corrected chi connectivity index (χ1v) is 10.8. The summed E-state index contributed by atoms with van der Waals surface area (Å²) in [5.41, 5.74) is 5.44. The number of benzene rings is 1. The van der Waals surface area contributed by atoms with E-state index in [4.69, 9.17) is 25.0 Å². The van der Waals surface area contributed by atoms with Gasteiger partial charge in [0.25, 0.3) is 5.56 Å². The quantitative estimate of drug-likeness (QED) is 0.242. The number of hydrogen-bond donors (Lipinski definition) is 6. The molecule has 0 spiro atoms. The highest BCUT2D eigenvalue weighted by Gasteiger charge is 2.46. The van der Waals surface area contributed by atoms with Crippen LogP contribution in [0.25, 0.3) is 22.6 Å². The summed E-state index contributed by atoms with van der Waals surface area (Å²) in [6.45, 7) is -0.695. The van der Waals surface area contributed by atoms with Gasteiger partial charge in [-0.15, -0.1) is 0 Å². The lowest BCUT2D eigenvalue weighted by Crippen LogP contribution is -2.33. The molecule has 1 aromatic carbocycles. The van der Waals surface area contributed by atoms with Crippen LogP contribution in [0.4, 0.5) is 5.95 Å². The van der Waals surface area contributed by atoms with E-state index in [2.05, 4.69) is 19.5 Å². The number of hydrogen-bond acceptors (Lipinski definition) is 10. The predicted octanol–water partition coefficient (Wildman–Crippen LogP) is -0.894. The van der Waals surface area contributed by atoms with Crippen molar-refractivity contribution in [3.8, 4) is 17.1 Å². The van der Waals surface area contributed by atoms with Crippen LogP contribution in [0.3, 0.4) is 0 Å². The summed E-state index contributed by atoms with van der Waals surface area (Å²) in [4.78, 5) is 41.0. The maximum Gasteiger partial charge on any atom is 0.469 e. The summed E-state index contributed by atoms with van der Waals surface area (Å²) in [6.07, 6.45) is -5.75. The van der Waals surface area contributed by atoms with Crippen LogP contribution in [0, 0.1) is 0 Å². The number of aliphatic hydroxyl groups is 2. The number of phosphoric acid groups is 1. The van der Waals surface area contributed by atoms with Crippen molar-refractivity contribution in [3.63, 3.8) is 0 Å². The lowest BCUT2D eigenvalue weighted by molar-refractivity contribution is -0.0496. The number of rotatable bonds is 6. The Morgan fingerprint density at radius 3 is 2.53 bits per heavy atom. The summed E-state index contributed by atoms with van der Waals surface area (Å²) >= 11 is 0. The van der Waals surface area contributed by atoms with E-state index in [9.17, 15) is 19.6 Å². The lowest BCUT2D eigenvalue weighted by atomic mass is 10.1. The number of aliphatic hydroxyl groups excluding tert-OH is 2. The third-order valence-electron chi connectivity index (χ3n) is 4.92. The van der Waals surface area contributed by atoms with Gasteiger partial charge in [-0.05, 0) is 24.3 Å². The minimum Gasteiger partial charge on any atom is -0.497 e. The van der Waals surface area contributed by atoms with Crippen LogP contribution in [-0.2, 0) is 13.8 Å². The Labute approximate surface area is 179 Å². The number of nitrogen functional groups attached to an aromatic ring is 1. The fourth-order valence-corrected chi connectivity index (χ4v) is 3.78. The van der Waals surface area contributed by atoms with Crippen LogP contribution in [0.5, 0.6) is 5.75 Å². The third-order valence-corrected chi connectivity index (χ3v) is 5.40. The molecule has 0 radical (unpaired) electrons. The molecule has 0 bridgehead atoms. The van der Waals surface area contributed by atoms with Gasteiger partial charge in [0, 0.05) is 5.56 Å². The van der Waals surface area contributed by atoms with E-state index >= 15 is 0 Å². The van der Waals surface area contributed by atoms with E-state index in [0.717, 1.165) is 0 Å². The highest BCUT2D eigenvalue weighted by Crippen LogP contribution is 2.40. The SMILES string of the molecule is COc1ccc(-c2nc3c(=O)[nH]c(N)nc3n2C2OC(COP(=O)(O)O)C(O)C2O)cc1. The van der Waals surface area contributed by atoms with Gasteiger partial charge in [0.1, 0.15) is 29.9 Å². The number of nitrogens with two attached hydrogens (primary N) is 1. The Balaban J connectivity index is 1.83. The van der Waals surface area contributed by atoms with Crippen molar-refractivity contribution in [1.82, 2.24) is 19.5 Å². The molecule has 3 aromatic rings. The maximum absolute atomic E-state index is 12.4. The van der Waals surface area contributed by atoms with Gasteiger partial charge in [-0.1, -0.05) is 0 Å². The predicted molar refractivity (Wildman–Crippen MR) is 108 cm³/mol. The minimum absolute atomic E-state index is 0.0233. The number of ether oxygens (including phenoxy) is 2. The number of fused-ring (bicyclic) bond motifs is 1. The van der Waals surface area contributed by atoms with Crippen molar-refractivity contribution in [1.29, 1.82) is 0 Å². The van der Waals surface area contributed by atoms with Crippen LogP contribution in [0.1, 0.15) is 6.23 Å². The molecule has 1 fully saturated rings. The smallest absolute Gasteiger partial charge is 0.469 e. The lowest BCUT2D eigenvalue weighted by Gasteiger charge is -2.19. The topological polar surface area (TPSA) is 215 Å². The Morgan fingerprint density at radius 2 is 1.91 bits per heavy atom. The summed E-state index contributed by atoms with van der Waals surface area (Å²) in [6, 6.07) is 6.62. The zero-order valence-electron chi connectivity index (χ0n) is 16.5. The minimum atomic E-state index is -4.84. The second-order valence-electron chi connectivity index (χ2n) is 6.99. The Morgan fingerprint density at radius 1 is 1.22 bits per heavy atom. The normalized spacial score (nSPS) is 23.7. The second-order valence-corrected chi connectivity index (χ2v) is 8.23. The van der Waals surface area contributed by atoms with Gasteiger partial charge < -0.3 is 35.2 Å². The first kappa shape index (κ1) is 22.4. The van der Waals surface area contributed by atoms with Crippen LogP contribution in [-0.4, -0.2) is 71.5 Å². The number of methoxy groups -OCH3 is 1. The molecule has 4 rings (SSSR count). The second kappa shape index (κ2) is 8.26. The van der Waals surface area contributed by atoms with E-state index < -0.39 is 44.5 Å². The standard InChI is InChI=1S/C17H20N5O9P/c1-29-8-4-2-7(3-5-8)13-19-10-14(20-17(18)21-15(10)25)22(13)16-12(24)11(23)9(31-16)6-30-32(26,27)28/h2-5,9,11-12,16,23-24H,6H2,1H3,(H2,26,27,28)(H3,18,20,21,25). The molecule has 7 N–H and O–H groups in total. The zero-order valence-corrected chi connectivity index (χ0v) is 17.4. The largest absolute Gasteiger partial charge is 0.497 e. The Kier molecular flexibility index (Phi) is 5.77. The third kappa shape index (κ3) is 4.12. The van der Waals surface area contributed by atoms with Crippen molar-refractivity contribution in [2.45, 2.75) is 24.5 Å².